The number of hydrogen-bond acceptors (Lipinski definition) is 2. The molecule has 1 aliphatic carbocycles. The van der Waals surface area contributed by atoms with Crippen LogP contribution in [0.2, 0.25) is 0 Å². The number of aromatic nitrogens is 2. The molecule has 0 spiro atoms. The molecular weight excluding hydrogens is 246 g/mol. The van der Waals surface area contributed by atoms with E-state index in [9.17, 15) is 0 Å². The quantitative estimate of drug-likeness (QED) is 0.901. The Labute approximate surface area is 124 Å². The highest BCUT2D eigenvalue weighted by Gasteiger charge is 2.27. The van der Waals surface area contributed by atoms with Gasteiger partial charge in [0.25, 0.3) is 0 Å². The Morgan fingerprint density at radius 2 is 1.90 bits per heavy atom. The van der Waals surface area contributed by atoms with E-state index in [-0.39, 0.29) is 0 Å². The van der Waals surface area contributed by atoms with Gasteiger partial charge in [-0.15, -0.1) is 0 Å². The van der Waals surface area contributed by atoms with Crippen LogP contribution in [-0.2, 0) is 6.54 Å². The molecule has 1 saturated carbocycles. The van der Waals surface area contributed by atoms with E-state index in [4.69, 9.17) is 5.10 Å². The zero-order chi connectivity index (χ0) is 14.9. The van der Waals surface area contributed by atoms with E-state index in [1.807, 2.05) is 0 Å². The molecule has 0 bridgehead atoms. The van der Waals surface area contributed by atoms with Crippen molar-refractivity contribution in [2.75, 3.05) is 0 Å². The molecule has 0 aromatic carbocycles. The topological polar surface area (TPSA) is 29.9 Å². The van der Waals surface area contributed by atoms with E-state index in [0.29, 0.717) is 12.1 Å². The minimum Gasteiger partial charge on any atom is -0.310 e. The lowest BCUT2D eigenvalue weighted by Crippen LogP contribution is -2.25. The molecule has 0 amide bonds. The Morgan fingerprint density at radius 3 is 2.50 bits per heavy atom. The van der Waals surface area contributed by atoms with Crippen LogP contribution in [-0.4, -0.2) is 15.8 Å². The largest absolute Gasteiger partial charge is 0.310 e. The van der Waals surface area contributed by atoms with Crippen molar-refractivity contribution in [3.8, 4) is 0 Å². The highest BCUT2D eigenvalue weighted by molar-refractivity contribution is 5.25. The van der Waals surface area contributed by atoms with Gasteiger partial charge in [-0.25, -0.2) is 0 Å². The van der Waals surface area contributed by atoms with Crippen LogP contribution in [0.5, 0.6) is 0 Å². The third-order valence-electron chi connectivity index (χ3n) is 5.08. The van der Waals surface area contributed by atoms with E-state index in [0.717, 1.165) is 18.4 Å². The predicted molar refractivity (Wildman–Crippen MR) is 84.9 cm³/mol. The molecule has 1 aromatic rings. The lowest BCUT2D eigenvalue weighted by molar-refractivity contribution is 0.198. The summed E-state index contributed by atoms with van der Waals surface area (Å²) >= 11 is 0. The van der Waals surface area contributed by atoms with Crippen LogP contribution in [0.4, 0.5) is 0 Å². The van der Waals surface area contributed by atoms with Gasteiger partial charge in [0.05, 0.1) is 11.7 Å². The molecule has 3 atom stereocenters. The van der Waals surface area contributed by atoms with Crippen LogP contribution in [0.15, 0.2) is 0 Å². The van der Waals surface area contributed by atoms with Gasteiger partial charge in [0, 0.05) is 23.8 Å². The SMILES string of the molecule is Cc1nn(C2CCC(C)C(C)C2)c(C)c1CNC(C)C. The summed E-state index contributed by atoms with van der Waals surface area (Å²) in [6.07, 6.45) is 3.90. The van der Waals surface area contributed by atoms with Gasteiger partial charge in [-0.1, -0.05) is 27.7 Å². The highest BCUT2D eigenvalue weighted by atomic mass is 15.3. The fourth-order valence-corrected chi connectivity index (χ4v) is 3.36. The lowest BCUT2D eigenvalue weighted by atomic mass is 9.79. The molecule has 0 radical (unpaired) electrons. The normalized spacial score (nSPS) is 27.2. The van der Waals surface area contributed by atoms with Crippen molar-refractivity contribution in [2.45, 2.75) is 79.4 Å². The minimum absolute atomic E-state index is 0.521. The first-order valence-corrected chi connectivity index (χ1v) is 8.18. The van der Waals surface area contributed by atoms with Crippen molar-refractivity contribution < 1.29 is 0 Å². The Hall–Kier alpha value is -0.830. The van der Waals surface area contributed by atoms with Gasteiger partial charge < -0.3 is 5.32 Å². The fraction of sp³-hybridized carbons (Fsp3) is 0.824. The highest BCUT2D eigenvalue weighted by Crippen LogP contribution is 2.37. The molecule has 1 N–H and O–H groups in total. The zero-order valence-corrected chi connectivity index (χ0v) is 14.0. The summed E-state index contributed by atoms with van der Waals surface area (Å²) in [5.74, 6) is 1.68. The van der Waals surface area contributed by atoms with Gasteiger partial charge in [0.1, 0.15) is 0 Å². The van der Waals surface area contributed by atoms with Crippen molar-refractivity contribution in [3.63, 3.8) is 0 Å². The predicted octanol–water partition coefficient (Wildman–Crippen LogP) is 4.00. The average molecular weight is 277 g/mol. The molecule has 3 heteroatoms. The second-order valence-corrected chi connectivity index (χ2v) is 7.05. The van der Waals surface area contributed by atoms with Crippen molar-refractivity contribution in [1.82, 2.24) is 15.1 Å². The molecule has 1 aliphatic rings. The third kappa shape index (κ3) is 3.25. The van der Waals surface area contributed by atoms with E-state index < -0.39 is 0 Å². The van der Waals surface area contributed by atoms with Gasteiger partial charge >= 0.3 is 0 Å². The number of nitrogens with zero attached hydrogens (tertiary/aromatic N) is 2. The maximum absolute atomic E-state index is 4.85. The van der Waals surface area contributed by atoms with Crippen LogP contribution in [0.3, 0.4) is 0 Å². The summed E-state index contributed by atoms with van der Waals surface area (Å²) in [4.78, 5) is 0. The van der Waals surface area contributed by atoms with Crippen LogP contribution >= 0.6 is 0 Å². The van der Waals surface area contributed by atoms with Gasteiger partial charge in [0.2, 0.25) is 0 Å². The first-order valence-electron chi connectivity index (χ1n) is 8.18. The molecule has 2 rings (SSSR count). The second-order valence-electron chi connectivity index (χ2n) is 7.05. The maximum Gasteiger partial charge on any atom is 0.0641 e. The molecule has 1 heterocycles. The molecule has 3 unspecified atom stereocenters. The monoisotopic (exact) mass is 277 g/mol. The van der Waals surface area contributed by atoms with Gasteiger partial charge in [0.15, 0.2) is 0 Å². The van der Waals surface area contributed by atoms with Crippen molar-refractivity contribution in [3.05, 3.63) is 17.0 Å². The van der Waals surface area contributed by atoms with Crippen molar-refractivity contribution in [1.29, 1.82) is 0 Å². The van der Waals surface area contributed by atoms with E-state index in [1.165, 1.54) is 36.2 Å². The molecule has 20 heavy (non-hydrogen) atoms. The van der Waals surface area contributed by atoms with Crippen molar-refractivity contribution in [2.24, 2.45) is 11.8 Å². The number of rotatable bonds is 4. The fourth-order valence-electron chi connectivity index (χ4n) is 3.36. The van der Waals surface area contributed by atoms with Crippen LogP contribution < -0.4 is 5.32 Å². The number of hydrogen-bond donors (Lipinski definition) is 1. The Kier molecular flexibility index (Phi) is 4.90. The molecule has 3 nitrogen and oxygen atoms in total. The van der Waals surface area contributed by atoms with Gasteiger partial charge in [-0.05, 0) is 44.9 Å². The first kappa shape index (κ1) is 15.6. The molecule has 0 saturated heterocycles. The standard InChI is InChI=1S/C17H31N3/c1-11(2)18-10-17-14(5)19-20(15(17)6)16-8-7-12(3)13(4)9-16/h11-13,16,18H,7-10H2,1-6H3. The van der Waals surface area contributed by atoms with E-state index in [2.05, 4.69) is 51.5 Å². The van der Waals surface area contributed by atoms with Gasteiger partial charge in [-0.3, -0.25) is 4.68 Å². The van der Waals surface area contributed by atoms with E-state index >= 15 is 0 Å². The molecule has 114 valence electrons. The Bertz CT molecular complexity index is 447. The lowest BCUT2D eigenvalue weighted by Gasteiger charge is -2.32. The second kappa shape index (κ2) is 6.30. The molecule has 0 aliphatic heterocycles. The smallest absolute Gasteiger partial charge is 0.0641 e. The summed E-state index contributed by atoms with van der Waals surface area (Å²) in [5, 5.41) is 8.37. The first-order chi connectivity index (χ1) is 9.40. The molecular formula is C17H31N3. The Morgan fingerprint density at radius 1 is 1.20 bits per heavy atom. The zero-order valence-electron chi connectivity index (χ0n) is 14.0. The maximum atomic E-state index is 4.85. The summed E-state index contributed by atoms with van der Waals surface area (Å²) in [5.41, 5.74) is 3.95. The minimum atomic E-state index is 0.521. The van der Waals surface area contributed by atoms with Crippen LogP contribution in [0.1, 0.15) is 70.0 Å². The Balaban J connectivity index is 2.15. The van der Waals surface area contributed by atoms with Crippen LogP contribution in [0.25, 0.3) is 0 Å². The summed E-state index contributed by atoms with van der Waals surface area (Å²) < 4.78 is 2.31. The van der Waals surface area contributed by atoms with Crippen molar-refractivity contribution >= 4 is 0 Å². The summed E-state index contributed by atoms with van der Waals surface area (Å²) in [6.45, 7) is 14.5. The molecule has 1 aromatic heterocycles. The molecule has 1 fully saturated rings. The third-order valence-corrected chi connectivity index (χ3v) is 5.08. The number of nitrogens with one attached hydrogen (secondary N) is 1. The van der Waals surface area contributed by atoms with E-state index in [1.54, 1.807) is 0 Å². The van der Waals surface area contributed by atoms with Gasteiger partial charge in [-0.2, -0.15) is 5.10 Å². The summed E-state index contributed by atoms with van der Waals surface area (Å²) in [7, 11) is 0. The number of aryl methyl sites for hydroxylation is 1. The van der Waals surface area contributed by atoms with Crippen LogP contribution in [0, 0.1) is 25.7 Å². The average Bonchev–Trinajstić information content (AvgIpc) is 2.66. The summed E-state index contributed by atoms with van der Waals surface area (Å²) in [6, 6.07) is 1.13.